The molecule has 4 heteroatoms. The minimum atomic E-state index is -0.875. The molecular weight excluding hydrogens is 230 g/mol. The highest BCUT2D eigenvalue weighted by molar-refractivity contribution is 6.38. The standard InChI is InChI=1S/C14H23NO3/c1-2-6-12(15)13(16)9-11(14(17)18)10-7-4-3-5-8-10/h10-11,15H,2-9H2,1H3,(H,17,18)/t11-/m0/s1. The van der Waals surface area contributed by atoms with E-state index in [0.717, 1.165) is 32.1 Å². The van der Waals surface area contributed by atoms with Crippen LogP contribution in [0.15, 0.2) is 0 Å². The molecule has 1 aliphatic carbocycles. The van der Waals surface area contributed by atoms with Crippen LogP contribution >= 0.6 is 0 Å². The Morgan fingerprint density at radius 1 is 1.28 bits per heavy atom. The summed E-state index contributed by atoms with van der Waals surface area (Å²) < 4.78 is 0. The number of aliphatic carboxylic acids is 1. The average molecular weight is 253 g/mol. The number of hydrogen-bond acceptors (Lipinski definition) is 3. The number of carboxylic acids is 1. The van der Waals surface area contributed by atoms with Gasteiger partial charge in [0.15, 0.2) is 5.78 Å². The van der Waals surface area contributed by atoms with Crippen molar-refractivity contribution < 1.29 is 14.7 Å². The molecule has 0 radical (unpaired) electrons. The minimum Gasteiger partial charge on any atom is -0.481 e. The van der Waals surface area contributed by atoms with Gasteiger partial charge in [0.1, 0.15) is 0 Å². The van der Waals surface area contributed by atoms with E-state index in [4.69, 9.17) is 5.41 Å². The van der Waals surface area contributed by atoms with Gasteiger partial charge in [0, 0.05) is 6.42 Å². The lowest BCUT2D eigenvalue weighted by molar-refractivity contribution is -0.145. The van der Waals surface area contributed by atoms with Gasteiger partial charge in [-0.2, -0.15) is 0 Å². The summed E-state index contributed by atoms with van der Waals surface area (Å²) >= 11 is 0. The minimum absolute atomic E-state index is 0.0127. The molecule has 18 heavy (non-hydrogen) atoms. The highest BCUT2D eigenvalue weighted by Crippen LogP contribution is 2.32. The summed E-state index contributed by atoms with van der Waals surface area (Å²) in [6.07, 6.45) is 6.34. The van der Waals surface area contributed by atoms with Gasteiger partial charge >= 0.3 is 5.97 Å². The summed E-state index contributed by atoms with van der Waals surface area (Å²) in [5.74, 6) is -1.63. The Morgan fingerprint density at radius 3 is 2.39 bits per heavy atom. The number of carbonyl (C=O) groups excluding carboxylic acids is 1. The fourth-order valence-electron chi connectivity index (χ4n) is 2.70. The second-order valence-corrected chi connectivity index (χ2v) is 5.20. The number of ketones is 1. The van der Waals surface area contributed by atoms with Crippen molar-refractivity contribution in [3.8, 4) is 0 Å². The molecule has 0 heterocycles. The first kappa shape index (κ1) is 14.9. The Labute approximate surface area is 108 Å². The molecule has 2 N–H and O–H groups in total. The maximum Gasteiger partial charge on any atom is 0.307 e. The van der Waals surface area contributed by atoms with Gasteiger partial charge in [-0.15, -0.1) is 0 Å². The van der Waals surface area contributed by atoms with E-state index in [0.29, 0.717) is 6.42 Å². The van der Waals surface area contributed by atoms with E-state index < -0.39 is 11.9 Å². The molecular formula is C14H23NO3. The van der Waals surface area contributed by atoms with Crippen molar-refractivity contribution in [2.75, 3.05) is 0 Å². The van der Waals surface area contributed by atoms with Crippen LogP contribution in [0, 0.1) is 17.2 Å². The number of nitrogens with one attached hydrogen (secondary N) is 1. The van der Waals surface area contributed by atoms with Gasteiger partial charge in [0.25, 0.3) is 0 Å². The zero-order chi connectivity index (χ0) is 13.5. The zero-order valence-electron chi connectivity index (χ0n) is 11.1. The molecule has 4 nitrogen and oxygen atoms in total. The van der Waals surface area contributed by atoms with E-state index in [9.17, 15) is 14.7 Å². The molecule has 1 fully saturated rings. The first-order valence-corrected chi connectivity index (χ1v) is 6.89. The van der Waals surface area contributed by atoms with Gasteiger partial charge in [-0.1, -0.05) is 32.6 Å². The van der Waals surface area contributed by atoms with Crippen LogP contribution in [-0.4, -0.2) is 22.6 Å². The summed E-state index contributed by atoms with van der Waals surface area (Å²) in [7, 11) is 0. The number of carbonyl (C=O) groups is 2. The SMILES string of the molecule is CCCC(=N)C(=O)C[C@H](C(=O)O)C1CCCCC1. The molecule has 0 aromatic heterocycles. The summed E-state index contributed by atoms with van der Waals surface area (Å²) in [6.45, 7) is 1.91. The van der Waals surface area contributed by atoms with Crippen LogP contribution in [0.2, 0.25) is 0 Å². The van der Waals surface area contributed by atoms with Crippen molar-refractivity contribution in [2.45, 2.75) is 58.3 Å². The largest absolute Gasteiger partial charge is 0.481 e. The van der Waals surface area contributed by atoms with Crippen LogP contribution in [0.3, 0.4) is 0 Å². The van der Waals surface area contributed by atoms with Crippen molar-refractivity contribution in [3.05, 3.63) is 0 Å². The molecule has 0 saturated heterocycles. The van der Waals surface area contributed by atoms with Crippen molar-refractivity contribution in [2.24, 2.45) is 11.8 Å². The van der Waals surface area contributed by atoms with Gasteiger partial charge < -0.3 is 10.5 Å². The van der Waals surface area contributed by atoms with E-state index in [1.54, 1.807) is 0 Å². The predicted molar refractivity (Wildman–Crippen MR) is 70.0 cm³/mol. The Balaban J connectivity index is 2.59. The Hall–Kier alpha value is -1.19. The van der Waals surface area contributed by atoms with Crippen molar-refractivity contribution in [1.82, 2.24) is 0 Å². The summed E-state index contributed by atoms with van der Waals surface area (Å²) in [4.78, 5) is 23.1. The van der Waals surface area contributed by atoms with Gasteiger partial charge in [-0.25, -0.2) is 0 Å². The summed E-state index contributed by atoms with van der Waals surface area (Å²) in [6, 6.07) is 0. The van der Waals surface area contributed by atoms with Gasteiger partial charge in [0.05, 0.1) is 11.6 Å². The molecule has 102 valence electrons. The van der Waals surface area contributed by atoms with Crippen LogP contribution in [0.5, 0.6) is 0 Å². The molecule has 0 aliphatic heterocycles. The lowest BCUT2D eigenvalue weighted by atomic mass is 9.77. The number of Topliss-reactive ketones (excluding diaryl/α,β-unsaturated/α-hetero) is 1. The molecule has 0 spiro atoms. The summed E-state index contributed by atoms with van der Waals surface area (Å²) in [5, 5.41) is 16.9. The lowest BCUT2D eigenvalue weighted by Gasteiger charge is -2.27. The Kier molecular flexibility index (Phi) is 6.02. The highest BCUT2D eigenvalue weighted by Gasteiger charge is 2.31. The topological polar surface area (TPSA) is 78.2 Å². The second kappa shape index (κ2) is 7.29. The molecule has 0 aromatic rings. The van der Waals surface area contributed by atoms with Crippen LogP contribution in [0.4, 0.5) is 0 Å². The molecule has 1 atom stereocenters. The highest BCUT2D eigenvalue weighted by atomic mass is 16.4. The van der Waals surface area contributed by atoms with Gasteiger partial charge in [-0.05, 0) is 25.2 Å². The third-order valence-corrected chi connectivity index (χ3v) is 3.78. The summed E-state index contributed by atoms with van der Waals surface area (Å²) in [5.41, 5.74) is 0.0829. The van der Waals surface area contributed by atoms with Gasteiger partial charge in [-0.3, -0.25) is 9.59 Å². The van der Waals surface area contributed by atoms with Crippen molar-refractivity contribution in [3.63, 3.8) is 0 Å². The molecule has 0 amide bonds. The van der Waals surface area contributed by atoms with E-state index in [2.05, 4.69) is 0 Å². The first-order chi connectivity index (χ1) is 8.56. The average Bonchev–Trinajstić information content (AvgIpc) is 2.36. The first-order valence-electron chi connectivity index (χ1n) is 6.89. The molecule has 0 unspecified atom stereocenters. The molecule has 0 aromatic carbocycles. The monoisotopic (exact) mass is 253 g/mol. The third-order valence-electron chi connectivity index (χ3n) is 3.78. The van der Waals surface area contributed by atoms with Crippen molar-refractivity contribution in [1.29, 1.82) is 5.41 Å². The Bertz CT molecular complexity index is 319. The number of carboxylic acid groups (broad SMARTS) is 1. The van der Waals surface area contributed by atoms with E-state index in [1.807, 2.05) is 6.92 Å². The fraction of sp³-hybridized carbons (Fsp3) is 0.786. The fourth-order valence-corrected chi connectivity index (χ4v) is 2.70. The second-order valence-electron chi connectivity index (χ2n) is 5.20. The number of rotatable bonds is 7. The van der Waals surface area contributed by atoms with Crippen LogP contribution in [-0.2, 0) is 9.59 Å². The molecule has 1 saturated carbocycles. The van der Waals surface area contributed by atoms with Crippen molar-refractivity contribution >= 4 is 17.5 Å². The lowest BCUT2D eigenvalue weighted by Crippen LogP contribution is -2.30. The molecule has 1 rings (SSSR count). The Morgan fingerprint density at radius 2 is 1.89 bits per heavy atom. The van der Waals surface area contributed by atoms with E-state index >= 15 is 0 Å². The quantitative estimate of drug-likeness (QED) is 0.684. The maximum atomic E-state index is 11.8. The molecule has 0 bridgehead atoms. The smallest absolute Gasteiger partial charge is 0.307 e. The van der Waals surface area contributed by atoms with E-state index in [-0.39, 0.29) is 23.8 Å². The molecule has 1 aliphatic rings. The van der Waals surface area contributed by atoms with Crippen LogP contribution in [0.1, 0.15) is 58.3 Å². The zero-order valence-corrected chi connectivity index (χ0v) is 11.1. The van der Waals surface area contributed by atoms with Crippen LogP contribution < -0.4 is 0 Å². The predicted octanol–water partition coefficient (Wildman–Crippen LogP) is 3.05. The third kappa shape index (κ3) is 4.24. The van der Waals surface area contributed by atoms with Crippen LogP contribution in [0.25, 0.3) is 0 Å². The van der Waals surface area contributed by atoms with Gasteiger partial charge in [0.2, 0.25) is 0 Å². The normalized spacial score (nSPS) is 18.3. The number of hydrogen-bond donors (Lipinski definition) is 2. The van der Waals surface area contributed by atoms with E-state index in [1.165, 1.54) is 6.42 Å². The maximum absolute atomic E-state index is 11.8.